The van der Waals surface area contributed by atoms with Gasteiger partial charge in [0.25, 0.3) is 5.91 Å². The van der Waals surface area contributed by atoms with E-state index in [1.165, 1.54) is 18.0 Å². The van der Waals surface area contributed by atoms with Crippen LogP contribution in [0.3, 0.4) is 0 Å². The molecule has 21 heavy (non-hydrogen) atoms. The summed E-state index contributed by atoms with van der Waals surface area (Å²) in [4.78, 5) is 24.2. The fourth-order valence-corrected chi connectivity index (χ4v) is 2.24. The molecule has 0 unspecified atom stereocenters. The molecule has 0 bridgehead atoms. The molecular weight excluding hydrogens is 284 g/mol. The molecule has 0 radical (unpaired) electrons. The number of amides is 1. The van der Waals surface area contributed by atoms with Gasteiger partial charge in [0.15, 0.2) is 17.7 Å². The lowest BCUT2D eigenvalue weighted by Crippen LogP contribution is -2.36. The van der Waals surface area contributed by atoms with Crippen molar-refractivity contribution in [2.45, 2.75) is 31.6 Å². The van der Waals surface area contributed by atoms with Crippen LogP contribution in [0, 0.1) is 11.6 Å². The number of ether oxygens (including phenoxy) is 1. The second-order valence-corrected chi connectivity index (χ2v) is 4.97. The zero-order valence-electron chi connectivity index (χ0n) is 11.4. The summed E-state index contributed by atoms with van der Waals surface area (Å²) in [6.07, 6.45) is -1.15. The summed E-state index contributed by atoms with van der Waals surface area (Å²) >= 11 is 0. The first-order valence-electron chi connectivity index (χ1n) is 6.45. The van der Waals surface area contributed by atoms with E-state index in [-0.39, 0.29) is 18.9 Å². The van der Waals surface area contributed by atoms with Gasteiger partial charge >= 0.3 is 5.97 Å². The van der Waals surface area contributed by atoms with E-state index in [2.05, 4.69) is 0 Å². The molecular formula is C14H15F2NO4. The molecule has 1 aromatic carbocycles. The molecule has 0 aliphatic carbocycles. The van der Waals surface area contributed by atoms with Crippen LogP contribution in [0.25, 0.3) is 0 Å². The molecule has 2 rings (SSSR count). The van der Waals surface area contributed by atoms with Crippen LogP contribution < -0.4 is 0 Å². The Kier molecular flexibility index (Phi) is 4.52. The molecule has 7 heteroatoms. The molecule has 0 aromatic heterocycles. The molecule has 0 spiro atoms. The van der Waals surface area contributed by atoms with Crippen molar-refractivity contribution < 1.29 is 28.2 Å². The van der Waals surface area contributed by atoms with Gasteiger partial charge in [-0.15, -0.1) is 0 Å². The first-order chi connectivity index (χ1) is 9.88. The van der Waals surface area contributed by atoms with Crippen LogP contribution in [-0.2, 0) is 20.9 Å². The van der Waals surface area contributed by atoms with Gasteiger partial charge in [-0.2, -0.15) is 0 Å². The highest BCUT2D eigenvalue weighted by Crippen LogP contribution is 2.22. The molecule has 1 aliphatic rings. The van der Waals surface area contributed by atoms with Gasteiger partial charge in [0.1, 0.15) is 6.10 Å². The molecule has 114 valence electrons. The van der Waals surface area contributed by atoms with Gasteiger partial charge in [0.2, 0.25) is 0 Å². The van der Waals surface area contributed by atoms with Crippen molar-refractivity contribution in [1.82, 2.24) is 4.90 Å². The van der Waals surface area contributed by atoms with Crippen molar-refractivity contribution in [2.75, 3.05) is 7.05 Å². The second kappa shape index (κ2) is 6.17. The summed E-state index contributed by atoms with van der Waals surface area (Å²) in [5.74, 6) is -3.38. The third-order valence-corrected chi connectivity index (χ3v) is 3.35. The van der Waals surface area contributed by atoms with Crippen LogP contribution in [-0.4, -0.2) is 41.1 Å². The zero-order valence-corrected chi connectivity index (χ0v) is 11.4. The zero-order chi connectivity index (χ0) is 15.6. The molecule has 1 saturated heterocycles. The minimum absolute atomic E-state index is 0.0909. The number of hydrogen-bond acceptors (Lipinski definition) is 3. The van der Waals surface area contributed by atoms with Crippen LogP contribution in [0.2, 0.25) is 0 Å². The van der Waals surface area contributed by atoms with Gasteiger partial charge < -0.3 is 14.7 Å². The van der Waals surface area contributed by atoms with E-state index < -0.39 is 29.8 Å². The van der Waals surface area contributed by atoms with Crippen LogP contribution in [0.5, 0.6) is 0 Å². The van der Waals surface area contributed by atoms with Crippen molar-refractivity contribution in [3.63, 3.8) is 0 Å². The van der Waals surface area contributed by atoms with Crippen LogP contribution >= 0.6 is 0 Å². The van der Waals surface area contributed by atoms with E-state index in [1.807, 2.05) is 0 Å². The van der Waals surface area contributed by atoms with Gasteiger partial charge in [-0.3, -0.25) is 4.79 Å². The molecule has 1 N–H and O–H groups in total. The summed E-state index contributed by atoms with van der Waals surface area (Å²) < 4.78 is 31.1. The van der Waals surface area contributed by atoms with Crippen molar-refractivity contribution >= 4 is 11.9 Å². The summed E-state index contributed by atoms with van der Waals surface area (Å²) in [5.41, 5.74) is 0.442. The van der Waals surface area contributed by atoms with Crippen LogP contribution in [0.1, 0.15) is 18.4 Å². The molecule has 2 atom stereocenters. The number of likely N-dealkylation sites (N-methyl/N-ethyl adjacent to an activating group) is 1. The highest BCUT2D eigenvalue weighted by molar-refractivity contribution is 5.82. The third-order valence-electron chi connectivity index (χ3n) is 3.35. The fourth-order valence-electron chi connectivity index (χ4n) is 2.24. The maximum Gasteiger partial charge on any atom is 0.332 e. The summed E-state index contributed by atoms with van der Waals surface area (Å²) in [6, 6.07) is 3.40. The number of benzene rings is 1. The molecule has 1 amide bonds. The van der Waals surface area contributed by atoms with Crippen molar-refractivity contribution in [3.8, 4) is 0 Å². The van der Waals surface area contributed by atoms with Gasteiger partial charge in [-0.05, 0) is 30.5 Å². The topological polar surface area (TPSA) is 66.8 Å². The Labute approximate surface area is 120 Å². The number of hydrogen-bond donors (Lipinski definition) is 1. The quantitative estimate of drug-likeness (QED) is 0.916. The summed E-state index contributed by atoms with van der Waals surface area (Å²) in [7, 11) is 1.50. The number of carboxylic acids is 1. The first kappa shape index (κ1) is 15.4. The lowest BCUT2D eigenvalue weighted by molar-refractivity contribution is -0.154. The number of halogens is 2. The molecule has 1 aliphatic heterocycles. The Morgan fingerprint density at radius 3 is 2.52 bits per heavy atom. The molecule has 1 heterocycles. The van der Waals surface area contributed by atoms with Gasteiger partial charge in [0, 0.05) is 13.6 Å². The van der Waals surface area contributed by atoms with E-state index in [9.17, 15) is 18.4 Å². The Morgan fingerprint density at radius 1 is 1.29 bits per heavy atom. The van der Waals surface area contributed by atoms with Crippen molar-refractivity contribution in [3.05, 3.63) is 35.4 Å². The smallest absolute Gasteiger partial charge is 0.332 e. The largest absolute Gasteiger partial charge is 0.479 e. The monoisotopic (exact) mass is 299 g/mol. The Bertz CT molecular complexity index is 564. The normalized spacial score (nSPS) is 21.3. The number of carbonyl (C=O) groups excluding carboxylic acids is 1. The van der Waals surface area contributed by atoms with Crippen molar-refractivity contribution in [1.29, 1.82) is 0 Å². The van der Waals surface area contributed by atoms with Crippen LogP contribution in [0.4, 0.5) is 8.78 Å². The van der Waals surface area contributed by atoms with Gasteiger partial charge in [-0.25, -0.2) is 13.6 Å². The Hall–Kier alpha value is -2.02. The predicted molar refractivity (Wildman–Crippen MR) is 68.4 cm³/mol. The molecule has 0 saturated carbocycles. The van der Waals surface area contributed by atoms with E-state index in [0.717, 1.165) is 12.1 Å². The molecule has 1 aromatic rings. The minimum atomic E-state index is -1.09. The highest BCUT2D eigenvalue weighted by Gasteiger charge is 2.36. The fraction of sp³-hybridized carbons (Fsp3) is 0.429. The van der Waals surface area contributed by atoms with E-state index >= 15 is 0 Å². The summed E-state index contributed by atoms with van der Waals surface area (Å²) in [5, 5.41) is 8.82. The van der Waals surface area contributed by atoms with E-state index in [4.69, 9.17) is 9.84 Å². The maximum atomic E-state index is 13.1. The van der Waals surface area contributed by atoms with Crippen molar-refractivity contribution in [2.24, 2.45) is 0 Å². The average molecular weight is 299 g/mol. The van der Waals surface area contributed by atoms with Gasteiger partial charge in [-0.1, -0.05) is 6.07 Å². The Balaban J connectivity index is 1.96. The number of aliphatic carboxylic acids is 1. The van der Waals surface area contributed by atoms with Gasteiger partial charge in [0.05, 0.1) is 0 Å². The van der Waals surface area contributed by atoms with E-state index in [1.54, 1.807) is 0 Å². The number of nitrogens with zero attached hydrogens (tertiary/aromatic N) is 1. The van der Waals surface area contributed by atoms with E-state index in [0.29, 0.717) is 12.0 Å². The molecule has 1 fully saturated rings. The lowest BCUT2D eigenvalue weighted by atomic mass is 10.1. The number of rotatable bonds is 4. The Morgan fingerprint density at radius 2 is 1.95 bits per heavy atom. The predicted octanol–water partition coefficient (Wildman–Crippen LogP) is 1.56. The summed E-state index contributed by atoms with van der Waals surface area (Å²) in [6.45, 7) is 0.0909. The standard InChI is InChI=1S/C14H15F2NO4/c1-17(7-8-2-3-9(15)10(16)6-8)13(18)11-4-5-12(21-11)14(19)20/h2-3,6,11-12H,4-5,7H2,1H3,(H,19,20)/t11-,12+/m0/s1. The van der Waals surface area contributed by atoms with Crippen LogP contribution in [0.15, 0.2) is 18.2 Å². The average Bonchev–Trinajstić information content (AvgIpc) is 2.92. The number of carbonyl (C=O) groups is 2. The molecule has 5 nitrogen and oxygen atoms in total. The highest BCUT2D eigenvalue weighted by atomic mass is 19.2. The number of carboxylic acid groups (broad SMARTS) is 1. The maximum absolute atomic E-state index is 13.1. The minimum Gasteiger partial charge on any atom is -0.479 e. The first-order valence-corrected chi connectivity index (χ1v) is 6.45. The third kappa shape index (κ3) is 3.55. The lowest BCUT2D eigenvalue weighted by Gasteiger charge is -2.21. The second-order valence-electron chi connectivity index (χ2n) is 4.97. The SMILES string of the molecule is CN(Cc1ccc(F)c(F)c1)C(=O)[C@@H]1CC[C@H](C(=O)O)O1.